The maximum absolute atomic E-state index is 12.3. The van der Waals surface area contributed by atoms with Crippen LogP contribution in [0.1, 0.15) is 27.6 Å². The molecular formula is C16H18N2O5. The number of hydrogen-bond acceptors (Lipinski definition) is 5. The van der Waals surface area contributed by atoms with Gasteiger partial charge in [-0.2, -0.15) is 0 Å². The zero-order valence-electron chi connectivity index (χ0n) is 12.9. The highest BCUT2D eigenvalue weighted by Gasteiger charge is 2.38. The SMILES string of the molecule is CCOC(=O)N1CCOC(CN2C(=O)c3ccccc3C2=O)C1. The maximum Gasteiger partial charge on any atom is 0.409 e. The summed E-state index contributed by atoms with van der Waals surface area (Å²) in [6.07, 6.45) is -0.807. The molecule has 1 fully saturated rings. The lowest BCUT2D eigenvalue weighted by atomic mass is 10.1. The third-order valence-corrected chi connectivity index (χ3v) is 3.93. The van der Waals surface area contributed by atoms with Gasteiger partial charge in [0.2, 0.25) is 0 Å². The number of morpholine rings is 1. The number of amides is 3. The van der Waals surface area contributed by atoms with Gasteiger partial charge >= 0.3 is 6.09 Å². The minimum atomic E-state index is -0.407. The van der Waals surface area contributed by atoms with E-state index in [0.29, 0.717) is 37.4 Å². The van der Waals surface area contributed by atoms with Crippen molar-refractivity contribution < 1.29 is 23.9 Å². The molecule has 3 rings (SSSR count). The quantitative estimate of drug-likeness (QED) is 0.781. The van der Waals surface area contributed by atoms with Crippen LogP contribution in [0.25, 0.3) is 0 Å². The summed E-state index contributed by atoms with van der Waals surface area (Å²) in [6, 6.07) is 6.74. The van der Waals surface area contributed by atoms with E-state index in [1.165, 1.54) is 9.80 Å². The average molecular weight is 318 g/mol. The Morgan fingerprint density at radius 2 is 1.91 bits per heavy atom. The molecule has 0 N–H and O–H groups in total. The van der Waals surface area contributed by atoms with Crippen molar-refractivity contribution in [1.29, 1.82) is 0 Å². The molecule has 0 aromatic heterocycles. The fraction of sp³-hybridized carbons (Fsp3) is 0.438. The molecule has 2 heterocycles. The Bertz CT molecular complexity index is 610. The van der Waals surface area contributed by atoms with Crippen molar-refractivity contribution >= 4 is 17.9 Å². The van der Waals surface area contributed by atoms with Gasteiger partial charge in [-0.15, -0.1) is 0 Å². The smallest absolute Gasteiger partial charge is 0.409 e. The third kappa shape index (κ3) is 2.92. The van der Waals surface area contributed by atoms with Crippen LogP contribution in [0.2, 0.25) is 0 Å². The summed E-state index contributed by atoms with van der Waals surface area (Å²) < 4.78 is 10.6. The minimum Gasteiger partial charge on any atom is -0.450 e. The van der Waals surface area contributed by atoms with Crippen LogP contribution in [0.3, 0.4) is 0 Å². The molecular weight excluding hydrogens is 300 g/mol. The predicted molar refractivity (Wildman–Crippen MR) is 80.1 cm³/mol. The Hall–Kier alpha value is -2.41. The van der Waals surface area contributed by atoms with E-state index in [0.717, 1.165) is 0 Å². The fourth-order valence-corrected chi connectivity index (χ4v) is 2.82. The highest BCUT2D eigenvalue weighted by molar-refractivity contribution is 6.21. The summed E-state index contributed by atoms with van der Waals surface area (Å²) in [5, 5.41) is 0. The molecule has 122 valence electrons. The van der Waals surface area contributed by atoms with Crippen molar-refractivity contribution in [3.63, 3.8) is 0 Å². The topological polar surface area (TPSA) is 76.2 Å². The van der Waals surface area contributed by atoms with Gasteiger partial charge in [0.05, 0.1) is 43.5 Å². The Labute approximate surface area is 133 Å². The van der Waals surface area contributed by atoms with Crippen LogP contribution in [0.5, 0.6) is 0 Å². The molecule has 1 aromatic carbocycles. The molecule has 0 bridgehead atoms. The van der Waals surface area contributed by atoms with Crippen LogP contribution in [-0.4, -0.2) is 66.7 Å². The van der Waals surface area contributed by atoms with Gasteiger partial charge in [0.25, 0.3) is 11.8 Å². The Balaban J connectivity index is 1.67. The number of nitrogens with zero attached hydrogens (tertiary/aromatic N) is 2. The van der Waals surface area contributed by atoms with Crippen molar-refractivity contribution in [1.82, 2.24) is 9.80 Å². The molecule has 1 aromatic rings. The zero-order chi connectivity index (χ0) is 16.4. The Kier molecular flexibility index (Phi) is 4.29. The van der Waals surface area contributed by atoms with E-state index < -0.39 is 12.2 Å². The number of hydrogen-bond donors (Lipinski definition) is 0. The standard InChI is InChI=1S/C16H18N2O5/c1-2-22-16(21)17-7-8-23-11(9-17)10-18-14(19)12-5-3-4-6-13(12)15(18)20/h3-6,11H,2,7-10H2,1H3. The van der Waals surface area contributed by atoms with Crippen LogP contribution < -0.4 is 0 Å². The number of fused-ring (bicyclic) bond motifs is 1. The second-order valence-electron chi connectivity index (χ2n) is 5.40. The van der Waals surface area contributed by atoms with Crippen molar-refractivity contribution in [3.8, 4) is 0 Å². The van der Waals surface area contributed by atoms with Gasteiger partial charge in [0.15, 0.2) is 0 Å². The van der Waals surface area contributed by atoms with Gasteiger partial charge in [-0.3, -0.25) is 14.5 Å². The number of carbonyl (C=O) groups is 3. The summed E-state index contributed by atoms with van der Waals surface area (Å²) in [5.41, 5.74) is 0.825. The van der Waals surface area contributed by atoms with Crippen molar-refractivity contribution in [3.05, 3.63) is 35.4 Å². The van der Waals surface area contributed by atoms with Gasteiger partial charge in [-0.25, -0.2) is 4.79 Å². The van der Waals surface area contributed by atoms with Crippen molar-refractivity contribution in [2.24, 2.45) is 0 Å². The van der Waals surface area contributed by atoms with E-state index in [9.17, 15) is 14.4 Å². The van der Waals surface area contributed by atoms with Crippen molar-refractivity contribution in [2.45, 2.75) is 13.0 Å². The van der Waals surface area contributed by atoms with Crippen LogP contribution in [0.4, 0.5) is 4.79 Å². The molecule has 0 spiro atoms. The van der Waals surface area contributed by atoms with Gasteiger partial charge < -0.3 is 14.4 Å². The fourth-order valence-electron chi connectivity index (χ4n) is 2.82. The molecule has 1 atom stereocenters. The molecule has 0 radical (unpaired) electrons. The van der Waals surface area contributed by atoms with E-state index in [1.807, 2.05) is 0 Å². The maximum atomic E-state index is 12.3. The third-order valence-electron chi connectivity index (χ3n) is 3.93. The average Bonchev–Trinajstić information content (AvgIpc) is 2.81. The molecule has 7 heteroatoms. The normalized spacial score (nSPS) is 20.7. The largest absolute Gasteiger partial charge is 0.450 e. The van der Waals surface area contributed by atoms with Crippen LogP contribution in [0.15, 0.2) is 24.3 Å². The molecule has 1 unspecified atom stereocenters. The second kappa shape index (κ2) is 6.37. The number of benzene rings is 1. The first kappa shape index (κ1) is 15.5. The van der Waals surface area contributed by atoms with Crippen molar-refractivity contribution in [2.75, 3.05) is 32.8 Å². The summed E-state index contributed by atoms with van der Waals surface area (Å²) in [5.74, 6) is -0.634. The van der Waals surface area contributed by atoms with Gasteiger partial charge in [0, 0.05) is 6.54 Å². The Morgan fingerprint density at radius 3 is 2.52 bits per heavy atom. The molecule has 0 aliphatic carbocycles. The molecule has 23 heavy (non-hydrogen) atoms. The van der Waals surface area contributed by atoms with Gasteiger partial charge in [-0.1, -0.05) is 12.1 Å². The van der Waals surface area contributed by atoms with E-state index in [1.54, 1.807) is 31.2 Å². The second-order valence-corrected chi connectivity index (χ2v) is 5.40. The lowest BCUT2D eigenvalue weighted by Gasteiger charge is -2.33. The lowest BCUT2D eigenvalue weighted by Crippen LogP contribution is -2.50. The van der Waals surface area contributed by atoms with Crippen LogP contribution in [-0.2, 0) is 9.47 Å². The van der Waals surface area contributed by atoms with E-state index in [-0.39, 0.29) is 18.4 Å². The van der Waals surface area contributed by atoms with Crippen LogP contribution in [0, 0.1) is 0 Å². The first-order valence-electron chi connectivity index (χ1n) is 7.60. The summed E-state index contributed by atoms with van der Waals surface area (Å²) >= 11 is 0. The predicted octanol–water partition coefficient (Wildman–Crippen LogP) is 1.14. The summed E-state index contributed by atoms with van der Waals surface area (Å²) in [4.78, 5) is 39.2. The number of carbonyl (C=O) groups excluding carboxylic acids is 3. The molecule has 0 saturated carbocycles. The zero-order valence-corrected chi connectivity index (χ0v) is 12.9. The molecule has 2 aliphatic heterocycles. The first-order chi connectivity index (χ1) is 11.1. The first-order valence-corrected chi connectivity index (χ1v) is 7.60. The molecule has 3 amide bonds. The Morgan fingerprint density at radius 1 is 1.26 bits per heavy atom. The lowest BCUT2D eigenvalue weighted by molar-refractivity contribution is -0.0349. The molecule has 7 nitrogen and oxygen atoms in total. The van der Waals surface area contributed by atoms with E-state index >= 15 is 0 Å². The molecule has 2 aliphatic rings. The van der Waals surface area contributed by atoms with E-state index in [2.05, 4.69) is 0 Å². The number of rotatable bonds is 3. The summed E-state index contributed by atoms with van der Waals surface area (Å²) in [6.45, 7) is 3.27. The molecule has 1 saturated heterocycles. The van der Waals surface area contributed by atoms with Crippen LogP contribution >= 0.6 is 0 Å². The van der Waals surface area contributed by atoms with Gasteiger partial charge in [-0.05, 0) is 19.1 Å². The highest BCUT2D eigenvalue weighted by atomic mass is 16.6. The highest BCUT2D eigenvalue weighted by Crippen LogP contribution is 2.23. The van der Waals surface area contributed by atoms with E-state index in [4.69, 9.17) is 9.47 Å². The number of imide groups is 1. The van der Waals surface area contributed by atoms with Gasteiger partial charge in [0.1, 0.15) is 0 Å². The monoisotopic (exact) mass is 318 g/mol. The number of ether oxygens (including phenoxy) is 2. The summed E-state index contributed by atoms with van der Waals surface area (Å²) in [7, 11) is 0. The minimum absolute atomic E-state index is 0.127.